The molecular formula is C26H41F3O4Si3. The van der Waals surface area contributed by atoms with Crippen LogP contribution in [-0.4, -0.2) is 41.6 Å². The van der Waals surface area contributed by atoms with Gasteiger partial charge in [0.05, 0.1) is 0 Å². The Morgan fingerprint density at radius 2 is 1.06 bits per heavy atom. The molecule has 0 fully saturated rings. The molecule has 0 aliphatic heterocycles. The Labute approximate surface area is 217 Å². The van der Waals surface area contributed by atoms with Crippen molar-refractivity contribution < 1.29 is 31.6 Å². The number of rotatable bonds is 14. The number of aryl methyl sites for hydroxylation is 2. The summed E-state index contributed by atoms with van der Waals surface area (Å²) < 4.78 is 52.8. The van der Waals surface area contributed by atoms with Crippen LogP contribution in [0.1, 0.15) is 30.4 Å². The smallest absolute Gasteiger partial charge is 0.389 e. The molecule has 0 unspecified atom stereocenters. The molecule has 0 heterocycles. The molecule has 0 bridgehead atoms. The van der Waals surface area contributed by atoms with Crippen LogP contribution in [0.5, 0.6) is 11.5 Å². The van der Waals surface area contributed by atoms with Crippen molar-refractivity contribution in [3.63, 3.8) is 0 Å². The number of phenolic OH excluding ortho intramolecular Hbond substituents is 2. The molecule has 202 valence electrons. The summed E-state index contributed by atoms with van der Waals surface area (Å²) in [6.07, 6.45) is -2.18. The summed E-state index contributed by atoms with van der Waals surface area (Å²) in [6, 6.07) is 15.9. The first-order valence-corrected chi connectivity index (χ1v) is 21.4. The van der Waals surface area contributed by atoms with Gasteiger partial charge in [-0.15, -0.1) is 0 Å². The molecular weight excluding hydrogens is 518 g/mol. The third kappa shape index (κ3) is 11.2. The van der Waals surface area contributed by atoms with E-state index in [2.05, 4.69) is 0 Å². The van der Waals surface area contributed by atoms with Gasteiger partial charge in [-0.05, 0) is 99.8 Å². The maximum absolute atomic E-state index is 13.2. The zero-order valence-corrected chi connectivity index (χ0v) is 25.1. The number of benzene rings is 2. The lowest BCUT2D eigenvalue weighted by molar-refractivity contribution is -0.131. The van der Waals surface area contributed by atoms with Gasteiger partial charge in [-0.2, -0.15) is 13.2 Å². The molecule has 0 spiro atoms. The van der Waals surface area contributed by atoms with E-state index in [4.69, 9.17) is 8.23 Å². The molecule has 2 aromatic carbocycles. The molecule has 0 amide bonds. The lowest BCUT2D eigenvalue weighted by Gasteiger charge is -2.41. The molecule has 0 radical (unpaired) electrons. The third-order valence-corrected chi connectivity index (χ3v) is 18.4. The molecule has 0 atom stereocenters. The molecule has 0 aliphatic rings. The van der Waals surface area contributed by atoms with Gasteiger partial charge in [0.2, 0.25) is 0 Å². The largest absolute Gasteiger partial charge is 0.508 e. The lowest BCUT2D eigenvalue weighted by Crippen LogP contribution is -2.54. The summed E-state index contributed by atoms with van der Waals surface area (Å²) in [5.74, 6) is 0.532. The van der Waals surface area contributed by atoms with Crippen molar-refractivity contribution in [1.29, 1.82) is 0 Å². The number of aromatic hydroxyl groups is 2. The van der Waals surface area contributed by atoms with Gasteiger partial charge in [-0.25, -0.2) is 0 Å². The highest BCUT2D eigenvalue weighted by Crippen LogP contribution is 2.34. The Morgan fingerprint density at radius 1 is 0.667 bits per heavy atom. The van der Waals surface area contributed by atoms with Crippen LogP contribution in [0.25, 0.3) is 0 Å². The molecule has 0 aromatic heterocycles. The van der Waals surface area contributed by atoms with E-state index in [9.17, 15) is 23.4 Å². The SMILES string of the molecule is C[Si](C)(CCCc1ccccc1O)O[Si](C)(CCC(F)(F)F)O[Si](C)(C)CCCc1ccccc1O. The summed E-state index contributed by atoms with van der Waals surface area (Å²) in [7, 11) is -7.75. The predicted molar refractivity (Wildman–Crippen MR) is 147 cm³/mol. The zero-order chi connectivity index (χ0) is 27.0. The van der Waals surface area contributed by atoms with E-state index in [-0.39, 0.29) is 17.5 Å². The maximum atomic E-state index is 13.2. The summed E-state index contributed by atoms with van der Waals surface area (Å²) in [6.45, 7) is 9.99. The Bertz CT molecular complexity index is 902. The number of hydrogen-bond acceptors (Lipinski definition) is 4. The summed E-state index contributed by atoms with van der Waals surface area (Å²) >= 11 is 0. The molecule has 4 nitrogen and oxygen atoms in total. The van der Waals surface area contributed by atoms with Crippen LogP contribution in [0.15, 0.2) is 48.5 Å². The fourth-order valence-corrected chi connectivity index (χ4v) is 18.9. The predicted octanol–water partition coefficient (Wildman–Crippen LogP) is 8.13. The van der Waals surface area contributed by atoms with Gasteiger partial charge in [0.25, 0.3) is 0 Å². The second-order valence-electron chi connectivity index (χ2n) is 10.9. The van der Waals surface area contributed by atoms with E-state index in [1.165, 1.54) is 0 Å². The number of para-hydroxylation sites is 2. The minimum atomic E-state index is -4.26. The standard InChI is InChI=1S/C26H41F3O4Si3/c1-34(2,19-10-14-22-12-6-8-16-24(22)30)32-36(5,21-18-26(27,28)29)33-35(3,4)20-11-15-23-13-7-9-17-25(23)31/h6-9,12-13,16-17,30-31H,10-11,14-15,18-21H2,1-5H3. The van der Waals surface area contributed by atoms with E-state index >= 15 is 0 Å². The molecule has 0 saturated heterocycles. The Morgan fingerprint density at radius 3 is 1.42 bits per heavy atom. The fourth-order valence-electron chi connectivity index (χ4n) is 4.62. The Kier molecular flexibility index (Phi) is 10.9. The molecule has 2 aromatic rings. The van der Waals surface area contributed by atoms with E-state index < -0.39 is 37.8 Å². The molecule has 2 N–H and O–H groups in total. The monoisotopic (exact) mass is 558 g/mol. The molecule has 2 rings (SSSR count). The van der Waals surface area contributed by atoms with Gasteiger partial charge >= 0.3 is 14.7 Å². The minimum absolute atomic E-state index is 0.109. The van der Waals surface area contributed by atoms with Crippen molar-refractivity contribution in [3.8, 4) is 11.5 Å². The Hall–Kier alpha value is -1.60. The van der Waals surface area contributed by atoms with Crippen LogP contribution >= 0.6 is 0 Å². The van der Waals surface area contributed by atoms with E-state index in [0.29, 0.717) is 12.8 Å². The van der Waals surface area contributed by atoms with Crippen LogP contribution in [0.4, 0.5) is 13.2 Å². The molecule has 0 saturated carbocycles. The van der Waals surface area contributed by atoms with Gasteiger partial charge in [-0.3, -0.25) is 0 Å². The van der Waals surface area contributed by atoms with Gasteiger partial charge in [-0.1, -0.05) is 36.4 Å². The van der Waals surface area contributed by atoms with Crippen LogP contribution < -0.4 is 0 Å². The molecule has 0 aliphatic carbocycles. The summed E-state index contributed by atoms with van der Waals surface area (Å²) in [4.78, 5) is 0. The zero-order valence-electron chi connectivity index (χ0n) is 22.1. The van der Waals surface area contributed by atoms with Crippen LogP contribution in [0.3, 0.4) is 0 Å². The van der Waals surface area contributed by atoms with Gasteiger partial charge in [0.15, 0.2) is 16.6 Å². The number of hydrogen-bond donors (Lipinski definition) is 2. The Balaban J connectivity index is 2.03. The van der Waals surface area contributed by atoms with E-state index in [1.54, 1.807) is 30.8 Å². The van der Waals surface area contributed by atoms with Crippen molar-refractivity contribution >= 4 is 25.2 Å². The van der Waals surface area contributed by atoms with Crippen LogP contribution in [-0.2, 0) is 21.1 Å². The maximum Gasteiger partial charge on any atom is 0.389 e. The van der Waals surface area contributed by atoms with Crippen molar-refractivity contribution in [1.82, 2.24) is 0 Å². The normalized spacial score (nSPS) is 13.2. The van der Waals surface area contributed by atoms with E-state index in [1.807, 2.05) is 50.5 Å². The van der Waals surface area contributed by atoms with Gasteiger partial charge in [0.1, 0.15) is 11.5 Å². The highest BCUT2D eigenvalue weighted by atomic mass is 28.5. The van der Waals surface area contributed by atoms with Crippen LogP contribution in [0, 0.1) is 0 Å². The highest BCUT2D eigenvalue weighted by molar-refractivity contribution is 6.88. The minimum Gasteiger partial charge on any atom is -0.508 e. The first-order chi connectivity index (χ1) is 16.6. The lowest BCUT2D eigenvalue weighted by atomic mass is 10.1. The van der Waals surface area contributed by atoms with E-state index in [0.717, 1.165) is 36.1 Å². The first kappa shape index (κ1) is 30.6. The number of alkyl halides is 3. The fraction of sp³-hybridized carbons (Fsp3) is 0.538. The second kappa shape index (κ2) is 12.8. The number of phenols is 2. The van der Waals surface area contributed by atoms with Crippen molar-refractivity contribution in [2.24, 2.45) is 0 Å². The van der Waals surface area contributed by atoms with Gasteiger partial charge < -0.3 is 18.4 Å². The highest BCUT2D eigenvalue weighted by Gasteiger charge is 2.45. The molecule has 36 heavy (non-hydrogen) atoms. The van der Waals surface area contributed by atoms with Crippen molar-refractivity contribution in [3.05, 3.63) is 59.7 Å². The molecule has 10 heteroatoms. The quantitative estimate of drug-likeness (QED) is 0.230. The van der Waals surface area contributed by atoms with Crippen molar-refractivity contribution in [2.75, 3.05) is 0 Å². The first-order valence-electron chi connectivity index (χ1n) is 12.6. The number of halogens is 3. The average Bonchev–Trinajstić information content (AvgIpc) is 2.74. The topological polar surface area (TPSA) is 58.9 Å². The average molecular weight is 559 g/mol. The summed E-state index contributed by atoms with van der Waals surface area (Å²) in [5.41, 5.74) is 1.74. The summed E-state index contributed by atoms with van der Waals surface area (Å²) in [5, 5.41) is 20.0. The second-order valence-corrected chi connectivity index (χ2v) is 23.4. The van der Waals surface area contributed by atoms with Gasteiger partial charge in [0, 0.05) is 6.42 Å². The van der Waals surface area contributed by atoms with Crippen LogP contribution in [0.2, 0.25) is 50.9 Å². The third-order valence-electron chi connectivity index (χ3n) is 6.28. The van der Waals surface area contributed by atoms with Crippen molar-refractivity contribution in [2.45, 2.75) is 89.1 Å².